The van der Waals surface area contributed by atoms with E-state index in [2.05, 4.69) is 15.9 Å². The van der Waals surface area contributed by atoms with Crippen LogP contribution in [0.3, 0.4) is 0 Å². The first-order chi connectivity index (χ1) is 9.11. The van der Waals surface area contributed by atoms with Crippen LogP contribution in [0.1, 0.15) is 23.2 Å². The van der Waals surface area contributed by atoms with Gasteiger partial charge < -0.3 is 15.4 Å². The summed E-state index contributed by atoms with van der Waals surface area (Å²) in [5, 5.41) is 0. The number of rotatable bonds is 3. The van der Waals surface area contributed by atoms with E-state index >= 15 is 0 Å². The lowest BCUT2D eigenvalue weighted by Crippen LogP contribution is -2.41. The molecule has 1 aromatic rings. The molecule has 0 radical (unpaired) electrons. The number of piperidine rings is 1. The van der Waals surface area contributed by atoms with Crippen LogP contribution < -0.4 is 5.73 Å². The number of carbonyl (C=O) groups is 1. The number of amides is 1. The normalized spacial score (nSPS) is 19.5. The Hall–Kier alpha value is -1.07. The fourth-order valence-corrected chi connectivity index (χ4v) is 2.84. The zero-order valence-electron chi connectivity index (χ0n) is 11.1. The number of carbonyl (C=O) groups excluding carboxylic acids is 1. The Bertz CT molecular complexity index is 463. The van der Waals surface area contributed by atoms with Gasteiger partial charge in [0.25, 0.3) is 5.91 Å². The molecule has 0 saturated carbocycles. The number of hydrogen-bond acceptors (Lipinski definition) is 3. The standard InChI is InChI=1S/C14H19BrN2O2/c1-19-9-10-3-2-6-17(8-10)14(18)11-4-5-13(16)12(15)7-11/h4-5,7,10H,2-3,6,8-9,16H2,1H3. The number of halogens is 1. The van der Waals surface area contributed by atoms with Gasteiger partial charge in [0.05, 0.1) is 6.61 Å². The smallest absolute Gasteiger partial charge is 0.253 e. The molecule has 0 bridgehead atoms. The van der Waals surface area contributed by atoms with Crippen molar-refractivity contribution < 1.29 is 9.53 Å². The summed E-state index contributed by atoms with van der Waals surface area (Å²) in [4.78, 5) is 14.3. The largest absolute Gasteiger partial charge is 0.398 e. The van der Waals surface area contributed by atoms with Crippen LogP contribution >= 0.6 is 15.9 Å². The number of likely N-dealkylation sites (tertiary alicyclic amines) is 1. The molecule has 19 heavy (non-hydrogen) atoms. The minimum Gasteiger partial charge on any atom is -0.398 e. The maximum atomic E-state index is 12.4. The molecular formula is C14H19BrN2O2. The number of nitrogen functional groups attached to an aromatic ring is 1. The summed E-state index contributed by atoms with van der Waals surface area (Å²) in [7, 11) is 1.71. The number of ether oxygens (including phenoxy) is 1. The second-order valence-electron chi connectivity index (χ2n) is 4.95. The van der Waals surface area contributed by atoms with Gasteiger partial charge in [0.2, 0.25) is 0 Å². The number of hydrogen-bond donors (Lipinski definition) is 1. The first kappa shape index (κ1) is 14.3. The molecule has 2 rings (SSSR count). The summed E-state index contributed by atoms with van der Waals surface area (Å²) in [6.07, 6.45) is 2.17. The van der Waals surface area contributed by atoms with Crippen LogP contribution in [0.15, 0.2) is 22.7 Å². The number of methoxy groups -OCH3 is 1. The summed E-state index contributed by atoms with van der Waals surface area (Å²) in [6, 6.07) is 5.33. The van der Waals surface area contributed by atoms with Gasteiger partial charge in [-0.1, -0.05) is 0 Å². The van der Waals surface area contributed by atoms with E-state index in [0.29, 0.717) is 17.2 Å². The van der Waals surface area contributed by atoms with Gasteiger partial charge in [-0.2, -0.15) is 0 Å². The second-order valence-corrected chi connectivity index (χ2v) is 5.81. The van der Waals surface area contributed by atoms with Gasteiger partial charge in [0, 0.05) is 35.9 Å². The number of nitrogens with two attached hydrogens (primary N) is 1. The lowest BCUT2D eigenvalue weighted by Gasteiger charge is -2.32. The van der Waals surface area contributed by atoms with Crippen LogP contribution in [-0.4, -0.2) is 37.6 Å². The minimum atomic E-state index is 0.0708. The minimum absolute atomic E-state index is 0.0708. The molecule has 2 N–H and O–H groups in total. The van der Waals surface area contributed by atoms with Crippen molar-refractivity contribution in [3.8, 4) is 0 Å². The maximum Gasteiger partial charge on any atom is 0.253 e. The number of anilines is 1. The van der Waals surface area contributed by atoms with Gasteiger partial charge in [-0.15, -0.1) is 0 Å². The third kappa shape index (κ3) is 3.48. The van der Waals surface area contributed by atoms with Crippen LogP contribution in [0, 0.1) is 5.92 Å². The van der Waals surface area contributed by atoms with E-state index in [0.717, 1.165) is 37.0 Å². The quantitative estimate of drug-likeness (QED) is 0.868. The summed E-state index contributed by atoms with van der Waals surface area (Å²) < 4.78 is 5.96. The van der Waals surface area contributed by atoms with Gasteiger partial charge in [-0.25, -0.2) is 0 Å². The highest BCUT2D eigenvalue weighted by atomic mass is 79.9. The van der Waals surface area contributed by atoms with Crippen LogP contribution in [-0.2, 0) is 4.74 Å². The molecule has 0 spiro atoms. The Kier molecular flexibility index (Phi) is 4.82. The molecule has 0 aliphatic carbocycles. The molecular weight excluding hydrogens is 308 g/mol. The van der Waals surface area contributed by atoms with Gasteiger partial charge >= 0.3 is 0 Å². The Morgan fingerprint density at radius 2 is 2.37 bits per heavy atom. The van der Waals surface area contributed by atoms with Crippen molar-refractivity contribution in [1.82, 2.24) is 4.90 Å². The van der Waals surface area contributed by atoms with E-state index in [1.54, 1.807) is 25.3 Å². The fourth-order valence-electron chi connectivity index (χ4n) is 2.46. The predicted molar refractivity (Wildman–Crippen MR) is 79.1 cm³/mol. The van der Waals surface area contributed by atoms with Gasteiger partial charge in [-0.05, 0) is 52.9 Å². The van der Waals surface area contributed by atoms with Crippen molar-refractivity contribution in [2.75, 3.05) is 32.5 Å². The molecule has 1 saturated heterocycles. The highest BCUT2D eigenvalue weighted by Gasteiger charge is 2.24. The van der Waals surface area contributed by atoms with Crippen molar-refractivity contribution in [3.05, 3.63) is 28.2 Å². The lowest BCUT2D eigenvalue weighted by atomic mass is 9.98. The number of benzene rings is 1. The highest BCUT2D eigenvalue weighted by molar-refractivity contribution is 9.10. The van der Waals surface area contributed by atoms with E-state index in [1.165, 1.54) is 0 Å². The highest BCUT2D eigenvalue weighted by Crippen LogP contribution is 2.23. The van der Waals surface area contributed by atoms with Crippen molar-refractivity contribution >= 4 is 27.5 Å². The first-order valence-corrected chi connectivity index (χ1v) is 7.24. The van der Waals surface area contributed by atoms with Crippen LogP contribution in [0.25, 0.3) is 0 Å². The topological polar surface area (TPSA) is 55.6 Å². The fraction of sp³-hybridized carbons (Fsp3) is 0.500. The molecule has 1 fully saturated rings. The summed E-state index contributed by atoms with van der Waals surface area (Å²) in [6.45, 7) is 2.31. The molecule has 5 heteroatoms. The zero-order valence-corrected chi connectivity index (χ0v) is 12.6. The molecule has 1 heterocycles. The van der Waals surface area contributed by atoms with Gasteiger partial charge in [0.1, 0.15) is 0 Å². The summed E-state index contributed by atoms with van der Waals surface area (Å²) >= 11 is 3.36. The molecule has 0 aromatic heterocycles. The molecule has 4 nitrogen and oxygen atoms in total. The maximum absolute atomic E-state index is 12.4. The van der Waals surface area contributed by atoms with E-state index in [9.17, 15) is 4.79 Å². The molecule has 1 atom stereocenters. The van der Waals surface area contributed by atoms with Gasteiger partial charge in [0.15, 0.2) is 0 Å². The predicted octanol–water partition coefficient (Wildman–Crippen LogP) is 2.53. The van der Waals surface area contributed by atoms with E-state index < -0.39 is 0 Å². The SMILES string of the molecule is COCC1CCCN(C(=O)c2ccc(N)c(Br)c2)C1. The Morgan fingerprint density at radius 1 is 1.58 bits per heavy atom. The Balaban J connectivity index is 2.08. The molecule has 1 aliphatic heterocycles. The Labute approximate surface area is 122 Å². The van der Waals surface area contributed by atoms with Gasteiger partial charge in [-0.3, -0.25) is 4.79 Å². The lowest BCUT2D eigenvalue weighted by molar-refractivity contribution is 0.0571. The molecule has 104 valence electrons. The van der Waals surface area contributed by atoms with Crippen molar-refractivity contribution in [3.63, 3.8) is 0 Å². The average molecular weight is 327 g/mol. The second kappa shape index (κ2) is 6.39. The van der Waals surface area contributed by atoms with Crippen molar-refractivity contribution in [2.24, 2.45) is 5.92 Å². The molecule has 1 aliphatic rings. The average Bonchev–Trinajstić information content (AvgIpc) is 2.42. The van der Waals surface area contributed by atoms with Crippen LogP contribution in [0.5, 0.6) is 0 Å². The third-order valence-electron chi connectivity index (χ3n) is 3.46. The molecule has 1 aromatic carbocycles. The van der Waals surface area contributed by atoms with E-state index in [-0.39, 0.29) is 5.91 Å². The third-order valence-corrected chi connectivity index (χ3v) is 4.14. The Morgan fingerprint density at radius 3 is 3.05 bits per heavy atom. The van der Waals surface area contributed by atoms with E-state index in [4.69, 9.17) is 10.5 Å². The van der Waals surface area contributed by atoms with Crippen molar-refractivity contribution in [2.45, 2.75) is 12.8 Å². The first-order valence-electron chi connectivity index (χ1n) is 6.45. The van der Waals surface area contributed by atoms with E-state index in [1.807, 2.05) is 4.90 Å². The van der Waals surface area contributed by atoms with Crippen LogP contribution in [0.4, 0.5) is 5.69 Å². The monoisotopic (exact) mass is 326 g/mol. The molecule has 1 unspecified atom stereocenters. The molecule has 1 amide bonds. The van der Waals surface area contributed by atoms with Crippen molar-refractivity contribution in [1.29, 1.82) is 0 Å². The summed E-state index contributed by atoms with van der Waals surface area (Å²) in [5.74, 6) is 0.515. The zero-order chi connectivity index (χ0) is 13.8. The van der Waals surface area contributed by atoms with Crippen LogP contribution in [0.2, 0.25) is 0 Å². The number of nitrogens with zero attached hydrogens (tertiary/aromatic N) is 1. The summed E-state index contributed by atoms with van der Waals surface area (Å²) in [5.41, 5.74) is 7.07.